The third-order valence-electron chi connectivity index (χ3n) is 4.06. The largest absolute Gasteiger partial charge is 0.496 e. The quantitative estimate of drug-likeness (QED) is 0.843. The third kappa shape index (κ3) is 3.72. The van der Waals surface area contributed by atoms with E-state index in [4.69, 9.17) is 4.74 Å². The van der Waals surface area contributed by atoms with E-state index in [1.807, 2.05) is 18.2 Å². The van der Waals surface area contributed by atoms with Crippen LogP contribution in [0, 0.1) is 0 Å². The number of hydrogen-bond donors (Lipinski definition) is 1. The Morgan fingerprint density at radius 1 is 1.14 bits per heavy atom. The van der Waals surface area contributed by atoms with Crippen molar-refractivity contribution >= 4 is 5.95 Å². The molecule has 0 spiro atoms. The number of anilines is 1. The Balaban J connectivity index is 2.07. The topological polar surface area (TPSA) is 47.0 Å². The minimum atomic E-state index is 0.0639. The number of nitrogens with one attached hydrogen (secondary N) is 1. The Morgan fingerprint density at radius 2 is 1.86 bits per heavy atom. The second kappa shape index (κ2) is 7.07. The van der Waals surface area contributed by atoms with E-state index in [1.54, 1.807) is 19.5 Å². The molecule has 4 nitrogen and oxygen atoms in total. The lowest BCUT2D eigenvalue weighted by Crippen LogP contribution is -2.25. The Morgan fingerprint density at radius 3 is 2.52 bits per heavy atom. The van der Waals surface area contributed by atoms with Crippen LogP contribution >= 0.6 is 0 Å². The van der Waals surface area contributed by atoms with Crippen LogP contribution in [-0.2, 0) is 5.41 Å². The lowest BCUT2D eigenvalue weighted by molar-refractivity contribution is 0.370. The first-order valence-corrected chi connectivity index (χ1v) is 7.34. The molecular weight excluding hydrogens is 262 g/mol. The van der Waals surface area contributed by atoms with Crippen molar-refractivity contribution in [1.82, 2.24) is 9.97 Å². The number of rotatable bonds is 7. The van der Waals surface area contributed by atoms with Crippen molar-refractivity contribution in [2.24, 2.45) is 0 Å². The van der Waals surface area contributed by atoms with Gasteiger partial charge >= 0.3 is 0 Å². The van der Waals surface area contributed by atoms with E-state index in [0.29, 0.717) is 5.95 Å². The van der Waals surface area contributed by atoms with Gasteiger partial charge in [-0.15, -0.1) is 0 Å². The molecular formula is C17H23N3O. The molecule has 2 aromatic rings. The average Bonchev–Trinajstić information content (AvgIpc) is 2.55. The van der Waals surface area contributed by atoms with E-state index in [2.05, 4.69) is 41.3 Å². The highest BCUT2D eigenvalue weighted by Crippen LogP contribution is 2.36. The van der Waals surface area contributed by atoms with Crippen molar-refractivity contribution in [3.63, 3.8) is 0 Å². The van der Waals surface area contributed by atoms with E-state index in [9.17, 15) is 0 Å². The van der Waals surface area contributed by atoms with Crippen LogP contribution in [0.3, 0.4) is 0 Å². The number of para-hydroxylation sites is 1. The summed E-state index contributed by atoms with van der Waals surface area (Å²) in [5, 5.41) is 3.28. The van der Waals surface area contributed by atoms with Crippen LogP contribution in [0.1, 0.15) is 32.3 Å². The van der Waals surface area contributed by atoms with Gasteiger partial charge in [0.05, 0.1) is 7.11 Å². The number of benzene rings is 1. The number of ether oxygens (including phenoxy) is 1. The Hall–Kier alpha value is -2.10. The molecule has 0 saturated carbocycles. The number of aromatic nitrogens is 2. The molecule has 0 aliphatic carbocycles. The van der Waals surface area contributed by atoms with E-state index < -0.39 is 0 Å². The van der Waals surface area contributed by atoms with Crippen molar-refractivity contribution in [1.29, 1.82) is 0 Å². The van der Waals surface area contributed by atoms with Crippen molar-refractivity contribution < 1.29 is 4.74 Å². The summed E-state index contributed by atoms with van der Waals surface area (Å²) >= 11 is 0. The highest BCUT2D eigenvalue weighted by Gasteiger charge is 2.27. The lowest BCUT2D eigenvalue weighted by atomic mass is 9.77. The van der Waals surface area contributed by atoms with Gasteiger partial charge in [0.15, 0.2) is 0 Å². The average molecular weight is 285 g/mol. The van der Waals surface area contributed by atoms with Crippen molar-refractivity contribution in [2.75, 3.05) is 19.0 Å². The van der Waals surface area contributed by atoms with Crippen molar-refractivity contribution in [3.05, 3.63) is 48.3 Å². The molecule has 0 radical (unpaired) electrons. The second-order valence-corrected chi connectivity index (χ2v) is 5.36. The van der Waals surface area contributed by atoms with Gasteiger partial charge in [-0.2, -0.15) is 0 Å². The van der Waals surface area contributed by atoms with Gasteiger partial charge in [0.1, 0.15) is 5.75 Å². The molecule has 112 valence electrons. The Bertz CT molecular complexity index is 559. The molecule has 2 rings (SSSR count). The minimum absolute atomic E-state index is 0.0639. The maximum Gasteiger partial charge on any atom is 0.222 e. The summed E-state index contributed by atoms with van der Waals surface area (Å²) < 4.78 is 5.51. The van der Waals surface area contributed by atoms with Crippen LogP contribution in [0.5, 0.6) is 5.75 Å². The van der Waals surface area contributed by atoms with Crippen molar-refractivity contribution in [3.8, 4) is 5.75 Å². The third-order valence-corrected chi connectivity index (χ3v) is 4.06. The van der Waals surface area contributed by atoms with Gasteiger partial charge in [0.25, 0.3) is 0 Å². The highest BCUT2D eigenvalue weighted by molar-refractivity contribution is 5.39. The maximum atomic E-state index is 5.51. The second-order valence-electron chi connectivity index (χ2n) is 5.36. The number of hydrogen-bond acceptors (Lipinski definition) is 4. The first-order valence-electron chi connectivity index (χ1n) is 7.34. The predicted molar refractivity (Wildman–Crippen MR) is 85.8 cm³/mol. The summed E-state index contributed by atoms with van der Waals surface area (Å²) in [7, 11) is 1.73. The summed E-state index contributed by atoms with van der Waals surface area (Å²) in [6.07, 6.45) is 5.52. The fourth-order valence-corrected chi connectivity index (χ4v) is 2.49. The smallest absolute Gasteiger partial charge is 0.222 e. The van der Waals surface area contributed by atoms with Gasteiger partial charge in [-0.1, -0.05) is 32.0 Å². The van der Waals surface area contributed by atoms with Gasteiger partial charge in [-0.25, -0.2) is 9.97 Å². The van der Waals surface area contributed by atoms with Crippen LogP contribution in [0.2, 0.25) is 0 Å². The SMILES string of the molecule is CC[C@](C)(CCNc1ncccn1)c1ccccc1OC. The van der Waals surface area contributed by atoms with Gasteiger partial charge in [-0.3, -0.25) is 0 Å². The monoisotopic (exact) mass is 285 g/mol. The molecule has 0 bridgehead atoms. The fourth-order valence-electron chi connectivity index (χ4n) is 2.49. The number of methoxy groups -OCH3 is 1. The molecule has 1 atom stereocenters. The molecule has 0 saturated heterocycles. The standard InChI is InChI=1S/C17H23N3O/c1-4-17(2,14-8-5-6-9-15(14)21-3)10-13-20-16-18-11-7-12-19-16/h5-9,11-12H,4,10,13H2,1-3H3,(H,18,19,20)/t17-/m1/s1. The summed E-state index contributed by atoms with van der Waals surface area (Å²) in [5.41, 5.74) is 1.32. The molecule has 1 aromatic heterocycles. The van der Waals surface area contributed by atoms with Gasteiger partial charge < -0.3 is 10.1 Å². The zero-order valence-electron chi connectivity index (χ0n) is 13.0. The summed E-state index contributed by atoms with van der Waals surface area (Å²) in [6.45, 7) is 5.32. The van der Waals surface area contributed by atoms with Gasteiger partial charge in [-0.05, 0) is 30.4 Å². The Labute approximate surface area is 126 Å². The molecule has 4 heteroatoms. The van der Waals surface area contributed by atoms with Crippen molar-refractivity contribution in [2.45, 2.75) is 32.1 Å². The maximum absolute atomic E-state index is 5.51. The van der Waals surface area contributed by atoms with E-state index in [0.717, 1.165) is 25.1 Å². The van der Waals surface area contributed by atoms with Gasteiger partial charge in [0, 0.05) is 24.5 Å². The molecule has 0 fully saturated rings. The summed E-state index contributed by atoms with van der Waals surface area (Å²) in [4.78, 5) is 8.37. The van der Waals surface area contributed by atoms with E-state index in [1.165, 1.54) is 5.56 Å². The zero-order valence-corrected chi connectivity index (χ0v) is 13.0. The molecule has 0 aliphatic heterocycles. The molecule has 21 heavy (non-hydrogen) atoms. The molecule has 1 heterocycles. The normalized spacial score (nSPS) is 13.5. The predicted octanol–water partition coefficient (Wildman–Crippen LogP) is 3.66. The zero-order chi connectivity index (χ0) is 15.1. The molecule has 0 aliphatic rings. The minimum Gasteiger partial charge on any atom is -0.496 e. The van der Waals surface area contributed by atoms with Crippen LogP contribution in [0.4, 0.5) is 5.95 Å². The highest BCUT2D eigenvalue weighted by atomic mass is 16.5. The van der Waals surface area contributed by atoms with Gasteiger partial charge in [0.2, 0.25) is 5.95 Å². The van der Waals surface area contributed by atoms with Crippen LogP contribution in [0.25, 0.3) is 0 Å². The fraction of sp³-hybridized carbons (Fsp3) is 0.412. The summed E-state index contributed by atoms with van der Waals surface area (Å²) in [6, 6.07) is 10.1. The molecule has 0 amide bonds. The number of nitrogens with zero attached hydrogens (tertiary/aromatic N) is 2. The van der Waals surface area contributed by atoms with Crippen LogP contribution in [0.15, 0.2) is 42.7 Å². The first kappa shape index (κ1) is 15.3. The molecule has 0 unspecified atom stereocenters. The van der Waals surface area contributed by atoms with E-state index >= 15 is 0 Å². The Kier molecular flexibility index (Phi) is 5.14. The first-order chi connectivity index (χ1) is 10.2. The van der Waals surface area contributed by atoms with E-state index in [-0.39, 0.29) is 5.41 Å². The van der Waals surface area contributed by atoms with Crippen LogP contribution < -0.4 is 10.1 Å². The molecule has 1 aromatic carbocycles. The lowest BCUT2D eigenvalue weighted by Gasteiger charge is -2.30. The summed E-state index contributed by atoms with van der Waals surface area (Å²) in [5.74, 6) is 1.63. The molecule has 1 N–H and O–H groups in total. The van der Waals surface area contributed by atoms with Crippen LogP contribution in [-0.4, -0.2) is 23.6 Å².